The van der Waals surface area contributed by atoms with Crippen molar-refractivity contribution in [3.63, 3.8) is 0 Å². The Labute approximate surface area is 114 Å². The Morgan fingerprint density at radius 1 is 1.25 bits per heavy atom. The molecule has 0 unspecified atom stereocenters. The summed E-state index contributed by atoms with van der Waals surface area (Å²) in [4.78, 5) is 8.35. The Hall–Kier alpha value is -2.11. The van der Waals surface area contributed by atoms with Crippen LogP contribution in [-0.2, 0) is 6.18 Å². The van der Waals surface area contributed by atoms with Crippen molar-refractivity contribution in [1.29, 1.82) is 0 Å². The van der Waals surface area contributed by atoms with E-state index in [1.807, 2.05) is 6.92 Å². The first-order chi connectivity index (χ1) is 9.41. The van der Waals surface area contributed by atoms with Gasteiger partial charge in [0.2, 0.25) is 5.95 Å². The standard InChI is InChI=1S/C14H14F3N3/c1-3-18-13-19-8-9(2)12(20-13)10-5-4-6-11(7-10)14(15,16)17/h4-8H,3H2,1-2H3,(H,18,19,20). The van der Waals surface area contributed by atoms with Gasteiger partial charge in [-0.25, -0.2) is 9.97 Å². The van der Waals surface area contributed by atoms with Gasteiger partial charge in [-0.05, 0) is 31.5 Å². The Morgan fingerprint density at radius 3 is 2.65 bits per heavy atom. The zero-order chi connectivity index (χ0) is 14.8. The maximum Gasteiger partial charge on any atom is 0.416 e. The number of anilines is 1. The van der Waals surface area contributed by atoms with Gasteiger partial charge in [-0.2, -0.15) is 13.2 Å². The van der Waals surface area contributed by atoms with Crippen molar-refractivity contribution >= 4 is 5.95 Å². The van der Waals surface area contributed by atoms with Crippen LogP contribution >= 0.6 is 0 Å². The molecule has 0 saturated heterocycles. The molecule has 6 heteroatoms. The van der Waals surface area contributed by atoms with E-state index < -0.39 is 11.7 Å². The van der Waals surface area contributed by atoms with E-state index in [9.17, 15) is 13.2 Å². The van der Waals surface area contributed by atoms with Gasteiger partial charge in [-0.1, -0.05) is 12.1 Å². The number of hydrogen-bond donors (Lipinski definition) is 1. The van der Waals surface area contributed by atoms with Crippen molar-refractivity contribution in [2.75, 3.05) is 11.9 Å². The predicted octanol–water partition coefficient (Wildman–Crippen LogP) is 3.90. The monoisotopic (exact) mass is 281 g/mol. The van der Waals surface area contributed by atoms with E-state index in [0.717, 1.165) is 17.7 Å². The summed E-state index contributed by atoms with van der Waals surface area (Å²) in [6.07, 6.45) is -2.76. The number of nitrogens with zero attached hydrogens (tertiary/aromatic N) is 2. The zero-order valence-electron chi connectivity index (χ0n) is 11.1. The smallest absolute Gasteiger partial charge is 0.354 e. The summed E-state index contributed by atoms with van der Waals surface area (Å²) in [7, 11) is 0. The minimum atomic E-state index is -4.36. The first-order valence-corrected chi connectivity index (χ1v) is 6.17. The average molecular weight is 281 g/mol. The van der Waals surface area contributed by atoms with E-state index in [0.29, 0.717) is 23.8 Å². The molecule has 1 aromatic heterocycles. The SMILES string of the molecule is CCNc1ncc(C)c(-c2cccc(C(F)(F)F)c2)n1. The van der Waals surface area contributed by atoms with Crippen molar-refractivity contribution in [3.8, 4) is 11.3 Å². The van der Waals surface area contributed by atoms with Crippen LogP contribution in [0.4, 0.5) is 19.1 Å². The van der Waals surface area contributed by atoms with Crippen LogP contribution in [0.2, 0.25) is 0 Å². The lowest BCUT2D eigenvalue weighted by Gasteiger charge is -2.11. The number of aryl methyl sites for hydroxylation is 1. The molecule has 2 aromatic rings. The molecule has 0 radical (unpaired) electrons. The predicted molar refractivity (Wildman–Crippen MR) is 71.4 cm³/mol. The van der Waals surface area contributed by atoms with Crippen molar-refractivity contribution in [1.82, 2.24) is 9.97 Å². The van der Waals surface area contributed by atoms with E-state index in [4.69, 9.17) is 0 Å². The molecule has 0 bridgehead atoms. The van der Waals surface area contributed by atoms with Crippen LogP contribution < -0.4 is 5.32 Å². The van der Waals surface area contributed by atoms with Gasteiger partial charge in [0.1, 0.15) is 0 Å². The summed E-state index contributed by atoms with van der Waals surface area (Å²) in [5.74, 6) is 0.408. The summed E-state index contributed by atoms with van der Waals surface area (Å²) in [6.45, 7) is 4.31. The minimum absolute atomic E-state index is 0.408. The average Bonchev–Trinajstić information content (AvgIpc) is 2.40. The van der Waals surface area contributed by atoms with Gasteiger partial charge in [0.15, 0.2) is 0 Å². The fourth-order valence-corrected chi connectivity index (χ4v) is 1.82. The minimum Gasteiger partial charge on any atom is -0.354 e. The van der Waals surface area contributed by atoms with Crippen LogP contribution in [0.25, 0.3) is 11.3 Å². The molecule has 1 N–H and O–H groups in total. The van der Waals surface area contributed by atoms with E-state index >= 15 is 0 Å². The summed E-state index contributed by atoms with van der Waals surface area (Å²) in [5, 5.41) is 2.95. The second kappa shape index (κ2) is 5.48. The Bertz CT molecular complexity index is 609. The molecule has 0 amide bonds. The zero-order valence-corrected chi connectivity index (χ0v) is 11.1. The molecule has 0 fully saturated rings. The Kier molecular flexibility index (Phi) is 3.92. The molecule has 0 spiro atoms. The van der Waals surface area contributed by atoms with Crippen LogP contribution in [0.3, 0.4) is 0 Å². The molecule has 3 nitrogen and oxygen atoms in total. The van der Waals surface area contributed by atoms with Crippen LogP contribution in [0.5, 0.6) is 0 Å². The lowest BCUT2D eigenvalue weighted by molar-refractivity contribution is -0.137. The topological polar surface area (TPSA) is 37.8 Å². The van der Waals surface area contributed by atoms with Crippen LogP contribution in [-0.4, -0.2) is 16.5 Å². The molecule has 1 heterocycles. The fourth-order valence-electron chi connectivity index (χ4n) is 1.82. The van der Waals surface area contributed by atoms with Crippen molar-refractivity contribution in [3.05, 3.63) is 41.6 Å². The van der Waals surface area contributed by atoms with Crippen molar-refractivity contribution in [2.45, 2.75) is 20.0 Å². The molecule has 1 aromatic carbocycles. The maximum absolute atomic E-state index is 12.7. The molecule has 0 saturated carbocycles. The number of rotatable bonds is 3. The van der Waals surface area contributed by atoms with E-state index in [-0.39, 0.29) is 0 Å². The van der Waals surface area contributed by atoms with Crippen LogP contribution in [0, 0.1) is 6.92 Å². The van der Waals surface area contributed by atoms with Gasteiger partial charge in [0, 0.05) is 18.3 Å². The van der Waals surface area contributed by atoms with Gasteiger partial charge >= 0.3 is 6.18 Å². The molecule has 0 aliphatic carbocycles. The molecule has 0 aliphatic rings. The lowest BCUT2D eigenvalue weighted by Crippen LogP contribution is -2.06. The molecule has 20 heavy (non-hydrogen) atoms. The number of benzene rings is 1. The normalized spacial score (nSPS) is 11.4. The number of hydrogen-bond acceptors (Lipinski definition) is 3. The first kappa shape index (κ1) is 14.3. The number of aromatic nitrogens is 2. The van der Waals surface area contributed by atoms with E-state index in [1.54, 1.807) is 19.2 Å². The summed E-state index contributed by atoms with van der Waals surface area (Å²) >= 11 is 0. The number of nitrogens with one attached hydrogen (secondary N) is 1. The first-order valence-electron chi connectivity index (χ1n) is 6.17. The third-order valence-corrected chi connectivity index (χ3v) is 2.77. The number of halogens is 3. The molecule has 2 rings (SSSR count). The summed E-state index contributed by atoms with van der Waals surface area (Å²) in [5.41, 5.74) is 0.977. The highest BCUT2D eigenvalue weighted by atomic mass is 19.4. The second-order valence-electron chi connectivity index (χ2n) is 4.33. The molecular formula is C14H14F3N3. The highest BCUT2D eigenvalue weighted by molar-refractivity contribution is 5.64. The van der Waals surface area contributed by atoms with Gasteiger partial charge in [-0.3, -0.25) is 0 Å². The van der Waals surface area contributed by atoms with Crippen LogP contribution in [0.15, 0.2) is 30.5 Å². The number of alkyl halides is 3. The quantitative estimate of drug-likeness (QED) is 0.927. The maximum atomic E-state index is 12.7. The molecular weight excluding hydrogens is 267 g/mol. The van der Waals surface area contributed by atoms with Gasteiger partial charge in [0.25, 0.3) is 0 Å². The molecule has 0 aliphatic heterocycles. The van der Waals surface area contributed by atoms with E-state index in [1.165, 1.54) is 6.07 Å². The Balaban J connectivity index is 2.48. The van der Waals surface area contributed by atoms with Crippen molar-refractivity contribution < 1.29 is 13.2 Å². The summed E-state index contributed by atoms with van der Waals surface area (Å²) < 4.78 is 38.2. The largest absolute Gasteiger partial charge is 0.416 e. The third-order valence-electron chi connectivity index (χ3n) is 2.77. The van der Waals surface area contributed by atoms with Gasteiger partial charge < -0.3 is 5.32 Å². The van der Waals surface area contributed by atoms with Gasteiger partial charge in [0.05, 0.1) is 11.3 Å². The highest BCUT2D eigenvalue weighted by Gasteiger charge is 2.30. The summed E-state index contributed by atoms with van der Waals surface area (Å²) in [6, 6.07) is 5.14. The van der Waals surface area contributed by atoms with Crippen LogP contribution in [0.1, 0.15) is 18.1 Å². The van der Waals surface area contributed by atoms with E-state index in [2.05, 4.69) is 15.3 Å². The third kappa shape index (κ3) is 3.07. The lowest BCUT2D eigenvalue weighted by atomic mass is 10.0. The molecule has 106 valence electrons. The molecule has 0 atom stereocenters. The Morgan fingerprint density at radius 2 is 2.00 bits per heavy atom. The second-order valence-corrected chi connectivity index (χ2v) is 4.33. The fraction of sp³-hybridized carbons (Fsp3) is 0.286. The van der Waals surface area contributed by atoms with Gasteiger partial charge in [-0.15, -0.1) is 0 Å². The van der Waals surface area contributed by atoms with Crippen molar-refractivity contribution in [2.24, 2.45) is 0 Å². The highest BCUT2D eigenvalue weighted by Crippen LogP contribution is 2.32.